The molecule has 2 rings (SSSR count). The van der Waals surface area contributed by atoms with Gasteiger partial charge in [-0.1, -0.05) is 20.8 Å². The number of hydrogen-bond acceptors (Lipinski definition) is 2. The van der Waals surface area contributed by atoms with Crippen LogP contribution in [0.1, 0.15) is 48.0 Å². The van der Waals surface area contributed by atoms with Crippen LogP contribution in [0.2, 0.25) is 0 Å². The highest BCUT2D eigenvalue weighted by molar-refractivity contribution is 5.13. The second-order valence-electron chi connectivity index (χ2n) is 7.44. The summed E-state index contributed by atoms with van der Waals surface area (Å²) in [4.78, 5) is 2.56. The zero-order valence-electron chi connectivity index (χ0n) is 11.0. The molecule has 1 saturated carbocycles. The van der Waals surface area contributed by atoms with Gasteiger partial charge in [-0.25, -0.2) is 0 Å². The first kappa shape index (κ1) is 11.4. The monoisotopic (exact) mass is 210 g/mol. The Kier molecular flexibility index (Phi) is 2.27. The highest BCUT2D eigenvalue weighted by atomic mass is 15.3. The Hall–Kier alpha value is -0.0800. The van der Waals surface area contributed by atoms with E-state index in [-0.39, 0.29) is 5.54 Å². The van der Waals surface area contributed by atoms with Crippen LogP contribution in [0, 0.1) is 17.3 Å². The minimum Gasteiger partial charge on any atom is -0.315 e. The van der Waals surface area contributed by atoms with Crippen molar-refractivity contribution in [1.82, 2.24) is 4.90 Å². The molecule has 1 aliphatic heterocycles. The van der Waals surface area contributed by atoms with Crippen molar-refractivity contribution >= 4 is 0 Å². The Morgan fingerprint density at radius 2 is 1.53 bits per heavy atom. The van der Waals surface area contributed by atoms with Gasteiger partial charge in [0, 0.05) is 11.6 Å². The average Bonchev–Trinajstić information content (AvgIpc) is 2.67. The lowest BCUT2D eigenvalue weighted by Crippen LogP contribution is -2.58. The quantitative estimate of drug-likeness (QED) is 0.665. The first-order chi connectivity index (χ1) is 6.64. The summed E-state index contributed by atoms with van der Waals surface area (Å²) in [6, 6.07) is 0.664. The molecule has 0 aromatic rings. The summed E-state index contributed by atoms with van der Waals surface area (Å²) in [7, 11) is 0. The summed E-state index contributed by atoms with van der Waals surface area (Å²) >= 11 is 0. The van der Waals surface area contributed by atoms with E-state index in [9.17, 15) is 0 Å². The predicted octanol–water partition coefficient (Wildman–Crippen LogP) is 2.44. The SMILES string of the molecule is CC(C)(C)C1[C@H]2CC2[C@H](N)N1C(C)(C)C. The molecule has 0 aromatic carbocycles. The second-order valence-corrected chi connectivity index (χ2v) is 7.44. The van der Waals surface area contributed by atoms with Crippen LogP contribution >= 0.6 is 0 Å². The lowest BCUT2D eigenvalue weighted by Gasteiger charge is -2.47. The van der Waals surface area contributed by atoms with Gasteiger partial charge in [0.25, 0.3) is 0 Å². The summed E-state index contributed by atoms with van der Waals surface area (Å²) in [5.74, 6) is 1.63. The molecule has 2 heteroatoms. The van der Waals surface area contributed by atoms with Crippen LogP contribution in [-0.2, 0) is 0 Å². The van der Waals surface area contributed by atoms with Crippen LogP contribution in [-0.4, -0.2) is 22.6 Å². The molecule has 4 atom stereocenters. The van der Waals surface area contributed by atoms with Gasteiger partial charge in [-0.2, -0.15) is 0 Å². The highest BCUT2D eigenvalue weighted by Gasteiger charge is 2.62. The maximum Gasteiger partial charge on any atom is 0.0611 e. The summed E-state index contributed by atoms with van der Waals surface area (Å²) in [6.45, 7) is 13.9. The molecule has 2 nitrogen and oxygen atoms in total. The summed E-state index contributed by atoms with van der Waals surface area (Å²) in [5, 5.41) is 0. The van der Waals surface area contributed by atoms with Gasteiger partial charge in [0.05, 0.1) is 6.17 Å². The van der Waals surface area contributed by atoms with Gasteiger partial charge >= 0.3 is 0 Å². The Morgan fingerprint density at radius 3 is 1.87 bits per heavy atom. The zero-order valence-corrected chi connectivity index (χ0v) is 11.0. The van der Waals surface area contributed by atoms with Gasteiger partial charge in [-0.05, 0) is 44.4 Å². The third-order valence-electron chi connectivity index (χ3n) is 4.02. The van der Waals surface area contributed by atoms with E-state index in [1.165, 1.54) is 6.42 Å². The van der Waals surface area contributed by atoms with Crippen LogP contribution < -0.4 is 5.73 Å². The van der Waals surface area contributed by atoms with E-state index < -0.39 is 0 Å². The molecule has 0 spiro atoms. The lowest BCUT2D eigenvalue weighted by atomic mass is 9.82. The van der Waals surface area contributed by atoms with E-state index in [2.05, 4.69) is 46.4 Å². The number of hydrogen-bond donors (Lipinski definition) is 1. The van der Waals surface area contributed by atoms with E-state index in [1.807, 2.05) is 0 Å². The van der Waals surface area contributed by atoms with E-state index >= 15 is 0 Å². The minimum atomic E-state index is 0.199. The molecule has 1 aliphatic carbocycles. The van der Waals surface area contributed by atoms with Gasteiger partial charge in [0.15, 0.2) is 0 Å². The fourth-order valence-electron chi connectivity index (χ4n) is 3.51. The van der Waals surface area contributed by atoms with Crippen LogP contribution in [0.3, 0.4) is 0 Å². The molecule has 1 heterocycles. The molecule has 2 unspecified atom stereocenters. The van der Waals surface area contributed by atoms with Crippen LogP contribution in [0.25, 0.3) is 0 Å². The first-order valence-electron chi connectivity index (χ1n) is 6.18. The van der Waals surface area contributed by atoms with E-state index in [1.54, 1.807) is 0 Å². The topological polar surface area (TPSA) is 29.3 Å². The molecule has 1 saturated heterocycles. The van der Waals surface area contributed by atoms with Crippen LogP contribution in [0.15, 0.2) is 0 Å². The number of fused-ring (bicyclic) bond motifs is 1. The molecule has 15 heavy (non-hydrogen) atoms. The first-order valence-corrected chi connectivity index (χ1v) is 6.18. The maximum atomic E-state index is 6.36. The summed E-state index contributed by atoms with van der Waals surface area (Å²) in [6.07, 6.45) is 1.65. The molecule has 88 valence electrons. The molecule has 2 aliphatic rings. The number of likely N-dealkylation sites (tertiary alicyclic amines) is 1. The van der Waals surface area contributed by atoms with Crippen LogP contribution in [0.5, 0.6) is 0 Å². The molecule has 2 fully saturated rings. The van der Waals surface area contributed by atoms with Crippen LogP contribution in [0.4, 0.5) is 0 Å². The van der Waals surface area contributed by atoms with Crippen molar-refractivity contribution in [1.29, 1.82) is 0 Å². The third-order valence-corrected chi connectivity index (χ3v) is 4.02. The van der Waals surface area contributed by atoms with Gasteiger partial charge < -0.3 is 5.73 Å². The van der Waals surface area contributed by atoms with Gasteiger partial charge in [-0.3, -0.25) is 4.90 Å². The highest BCUT2D eigenvalue weighted by Crippen LogP contribution is 2.58. The van der Waals surface area contributed by atoms with Crippen molar-refractivity contribution in [2.45, 2.75) is 65.7 Å². The number of rotatable bonds is 0. The van der Waals surface area contributed by atoms with Gasteiger partial charge in [-0.15, -0.1) is 0 Å². The third kappa shape index (κ3) is 1.72. The molecule has 2 N–H and O–H groups in total. The molecule has 0 radical (unpaired) electrons. The van der Waals surface area contributed by atoms with Crippen molar-refractivity contribution in [2.24, 2.45) is 23.0 Å². The van der Waals surface area contributed by atoms with Gasteiger partial charge in [0.2, 0.25) is 0 Å². The molecule has 0 bridgehead atoms. The molecule has 0 aromatic heterocycles. The Morgan fingerprint density at radius 1 is 1.00 bits per heavy atom. The summed E-state index contributed by atoms with van der Waals surface area (Å²) in [5.41, 5.74) is 6.91. The molecular weight excluding hydrogens is 184 g/mol. The zero-order chi connectivity index (χ0) is 11.6. The number of nitrogens with two attached hydrogens (primary N) is 1. The minimum absolute atomic E-state index is 0.199. The van der Waals surface area contributed by atoms with E-state index in [4.69, 9.17) is 5.73 Å². The van der Waals surface area contributed by atoms with Crippen molar-refractivity contribution < 1.29 is 0 Å². The normalized spacial score (nSPS) is 41.8. The smallest absolute Gasteiger partial charge is 0.0611 e. The maximum absolute atomic E-state index is 6.36. The van der Waals surface area contributed by atoms with Gasteiger partial charge in [0.1, 0.15) is 0 Å². The average molecular weight is 210 g/mol. The Bertz CT molecular complexity index is 245. The largest absolute Gasteiger partial charge is 0.315 e. The second kappa shape index (κ2) is 2.98. The molecular formula is C13H26N2. The predicted molar refractivity (Wildman–Crippen MR) is 64.4 cm³/mol. The Balaban J connectivity index is 2.28. The number of piperidine rings is 1. The van der Waals surface area contributed by atoms with E-state index in [0.29, 0.717) is 17.6 Å². The van der Waals surface area contributed by atoms with Crippen molar-refractivity contribution in [3.05, 3.63) is 0 Å². The fourth-order valence-corrected chi connectivity index (χ4v) is 3.51. The Labute approximate surface area is 94.2 Å². The fraction of sp³-hybridized carbons (Fsp3) is 1.00. The summed E-state index contributed by atoms with van der Waals surface area (Å²) < 4.78 is 0. The van der Waals surface area contributed by atoms with E-state index in [0.717, 1.165) is 11.8 Å². The van der Waals surface area contributed by atoms with Crippen molar-refractivity contribution in [3.63, 3.8) is 0 Å². The van der Waals surface area contributed by atoms with Crippen molar-refractivity contribution in [3.8, 4) is 0 Å². The number of nitrogens with zero attached hydrogens (tertiary/aromatic N) is 1. The lowest BCUT2D eigenvalue weighted by molar-refractivity contribution is 0.00504. The standard InChI is InChI=1S/C13H26N2/c1-12(2,3)10-8-7-9(8)11(14)15(10)13(4,5)6/h8-11H,7,14H2,1-6H3/t8-,9?,10?,11+/m0/s1. The van der Waals surface area contributed by atoms with Crippen molar-refractivity contribution in [2.75, 3.05) is 0 Å². The molecule has 0 amide bonds.